The van der Waals surface area contributed by atoms with Gasteiger partial charge in [-0.2, -0.15) is 13.1 Å². The largest absolute Gasteiger partial charge is 0.336 e. The molecule has 0 saturated carbocycles. The van der Waals surface area contributed by atoms with Gasteiger partial charge in [-0.05, 0) is 0 Å². The molecule has 0 aromatic carbocycles. The first-order chi connectivity index (χ1) is 3.12. The van der Waals surface area contributed by atoms with Crippen molar-refractivity contribution in [2.75, 3.05) is 7.05 Å². The molecule has 0 aromatic rings. The standard InChI is InChI=1S/CH4BNO3S/c1-3-7(4,5)6-2/h3H,1H3. The van der Waals surface area contributed by atoms with E-state index >= 15 is 0 Å². The molecule has 4 nitrogen and oxygen atoms in total. The molecule has 0 fully saturated rings. The molecule has 0 unspecified atom stereocenters. The lowest BCUT2D eigenvalue weighted by molar-refractivity contribution is 0.498. The van der Waals surface area contributed by atoms with Gasteiger partial charge >= 0.3 is 18.4 Å². The van der Waals surface area contributed by atoms with E-state index in [2.05, 4.69) is 12.1 Å². The molecule has 0 aliphatic rings. The normalized spacial score (nSPS) is 11.6. The second-order valence-electron chi connectivity index (χ2n) is 0.754. The van der Waals surface area contributed by atoms with Crippen LogP contribution < -0.4 is 4.72 Å². The zero-order chi connectivity index (χ0) is 5.91. The Morgan fingerprint density at radius 3 is 2.14 bits per heavy atom. The molecule has 1 N–H and O–H groups in total. The number of hydrogen-bond donors (Lipinski definition) is 1. The van der Waals surface area contributed by atoms with E-state index in [1.165, 1.54) is 7.05 Å². The van der Waals surface area contributed by atoms with E-state index < -0.39 is 10.3 Å². The van der Waals surface area contributed by atoms with E-state index in [-0.39, 0.29) is 0 Å². The Kier molecular flexibility index (Phi) is 2.27. The molecule has 0 saturated heterocycles. The SMILES string of the molecule is [B]OS(=O)(=O)NC. The Morgan fingerprint density at radius 2 is 2.14 bits per heavy atom. The second kappa shape index (κ2) is 2.30. The Labute approximate surface area is 43.6 Å². The summed E-state index contributed by atoms with van der Waals surface area (Å²) in [6.45, 7) is 0. The molecule has 0 aromatic heterocycles. The topological polar surface area (TPSA) is 55.4 Å². The molecular weight excluding hydrogens is 117 g/mol. The highest BCUT2D eigenvalue weighted by atomic mass is 32.2. The average molecular weight is 121 g/mol. The maximum absolute atomic E-state index is 9.91. The van der Waals surface area contributed by atoms with Gasteiger partial charge in [-0.1, -0.05) is 0 Å². The zero-order valence-corrected chi connectivity index (χ0v) is 4.53. The Balaban J connectivity index is 3.89. The van der Waals surface area contributed by atoms with E-state index in [0.29, 0.717) is 0 Å². The third kappa shape index (κ3) is 2.61. The number of hydrogen-bond acceptors (Lipinski definition) is 3. The van der Waals surface area contributed by atoms with Crippen LogP contribution in [0.5, 0.6) is 0 Å². The highest BCUT2D eigenvalue weighted by Gasteiger charge is 1.98. The van der Waals surface area contributed by atoms with Crippen LogP contribution in [0.3, 0.4) is 0 Å². The smallest absolute Gasteiger partial charge is 0.320 e. The van der Waals surface area contributed by atoms with Crippen molar-refractivity contribution in [3.8, 4) is 0 Å². The van der Waals surface area contributed by atoms with Gasteiger partial charge < -0.3 is 4.10 Å². The van der Waals surface area contributed by atoms with Crippen LogP contribution in [0.15, 0.2) is 0 Å². The highest BCUT2D eigenvalue weighted by Crippen LogP contribution is 1.74. The van der Waals surface area contributed by atoms with E-state index in [1.54, 1.807) is 0 Å². The fourth-order valence-corrected chi connectivity index (χ4v) is 0.144. The molecule has 0 spiro atoms. The summed E-state index contributed by atoms with van der Waals surface area (Å²) in [5, 5.41) is 0. The molecule has 0 amide bonds. The molecule has 0 atom stereocenters. The lowest BCUT2D eigenvalue weighted by Crippen LogP contribution is -2.19. The maximum Gasteiger partial charge on any atom is 0.320 e. The van der Waals surface area contributed by atoms with Gasteiger partial charge in [0.1, 0.15) is 0 Å². The minimum atomic E-state index is -3.63. The van der Waals surface area contributed by atoms with Crippen molar-refractivity contribution in [2.24, 2.45) is 0 Å². The van der Waals surface area contributed by atoms with Crippen LogP contribution in [0.1, 0.15) is 0 Å². The summed E-state index contributed by atoms with van der Waals surface area (Å²) in [5.41, 5.74) is 0. The van der Waals surface area contributed by atoms with Crippen LogP contribution >= 0.6 is 0 Å². The predicted molar refractivity (Wildman–Crippen MR) is 24.8 cm³/mol. The van der Waals surface area contributed by atoms with E-state index in [4.69, 9.17) is 0 Å². The fraction of sp³-hybridized carbons (Fsp3) is 1.00. The maximum atomic E-state index is 9.91. The molecule has 0 heterocycles. The van der Waals surface area contributed by atoms with Gasteiger partial charge in [0.05, 0.1) is 0 Å². The molecule has 2 radical (unpaired) electrons. The Bertz CT molecular complexity index is 118. The van der Waals surface area contributed by atoms with Crippen molar-refractivity contribution in [1.29, 1.82) is 0 Å². The van der Waals surface area contributed by atoms with Crippen LogP contribution in [0.2, 0.25) is 0 Å². The Hall–Kier alpha value is -0.0651. The molecule has 0 bridgehead atoms. The summed E-state index contributed by atoms with van der Waals surface area (Å²) in [7, 11) is 1.83. The van der Waals surface area contributed by atoms with Crippen LogP contribution in [0, 0.1) is 0 Å². The van der Waals surface area contributed by atoms with Crippen LogP contribution in [0.25, 0.3) is 0 Å². The van der Waals surface area contributed by atoms with Crippen molar-refractivity contribution in [2.45, 2.75) is 0 Å². The highest BCUT2D eigenvalue weighted by molar-refractivity contribution is 7.85. The summed E-state index contributed by atoms with van der Waals surface area (Å²) in [6, 6.07) is 0. The second-order valence-corrected chi connectivity index (χ2v) is 2.26. The fourth-order valence-electron chi connectivity index (χ4n) is 0.0481. The average Bonchev–Trinajstić information content (AvgIpc) is 1.68. The monoisotopic (exact) mass is 121 g/mol. The molecule has 6 heteroatoms. The third-order valence-electron chi connectivity index (χ3n) is 0.377. The molecule has 0 aliphatic carbocycles. The molecule has 0 rings (SSSR count). The lowest BCUT2D eigenvalue weighted by Gasteiger charge is -1.93. The van der Waals surface area contributed by atoms with Gasteiger partial charge in [-0.25, -0.2) is 0 Å². The van der Waals surface area contributed by atoms with Crippen LogP contribution in [-0.4, -0.2) is 23.5 Å². The van der Waals surface area contributed by atoms with Crippen molar-refractivity contribution < 1.29 is 12.5 Å². The van der Waals surface area contributed by atoms with E-state index in [1.807, 2.05) is 4.72 Å². The van der Waals surface area contributed by atoms with E-state index in [0.717, 1.165) is 0 Å². The van der Waals surface area contributed by atoms with Crippen molar-refractivity contribution >= 4 is 18.4 Å². The molecule has 40 valence electrons. The predicted octanol–water partition coefficient (Wildman–Crippen LogP) is -1.45. The zero-order valence-electron chi connectivity index (χ0n) is 3.71. The minimum Gasteiger partial charge on any atom is -0.336 e. The van der Waals surface area contributed by atoms with Crippen molar-refractivity contribution in [3.63, 3.8) is 0 Å². The van der Waals surface area contributed by atoms with E-state index in [9.17, 15) is 8.42 Å². The Morgan fingerprint density at radius 1 is 1.71 bits per heavy atom. The number of nitrogens with one attached hydrogen (secondary N) is 1. The molecule has 0 aliphatic heterocycles. The molecule has 7 heavy (non-hydrogen) atoms. The summed E-state index contributed by atoms with van der Waals surface area (Å²) < 4.78 is 25.1. The van der Waals surface area contributed by atoms with Gasteiger partial charge in [-0.15, -0.1) is 0 Å². The van der Waals surface area contributed by atoms with Crippen molar-refractivity contribution in [1.82, 2.24) is 4.72 Å². The quantitative estimate of drug-likeness (QED) is 0.454. The minimum absolute atomic E-state index is 1.20. The summed E-state index contributed by atoms with van der Waals surface area (Å²) in [4.78, 5) is 0. The number of rotatable bonds is 2. The first kappa shape index (κ1) is 6.93. The summed E-state index contributed by atoms with van der Waals surface area (Å²) in [5.74, 6) is 0. The van der Waals surface area contributed by atoms with Gasteiger partial charge in [0.25, 0.3) is 0 Å². The third-order valence-corrected chi connectivity index (χ3v) is 1.13. The van der Waals surface area contributed by atoms with Gasteiger partial charge in [-0.3, -0.25) is 0 Å². The summed E-state index contributed by atoms with van der Waals surface area (Å²) in [6.07, 6.45) is 0. The molecular formula is CH4BNO3S. The van der Waals surface area contributed by atoms with Crippen molar-refractivity contribution in [3.05, 3.63) is 0 Å². The van der Waals surface area contributed by atoms with Crippen LogP contribution in [-0.2, 0) is 14.4 Å². The van der Waals surface area contributed by atoms with Gasteiger partial charge in [0, 0.05) is 7.05 Å². The van der Waals surface area contributed by atoms with Crippen LogP contribution in [0.4, 0.5) is 0 Å². The first-order valence-electron chi connectivity index (χ1n) is 1.44. The lowest BCUT2D eigenvalue weighted by atomic mass is 10.6. The summed E-state index contributed by atoms with van der Waals surface area (Å²) >= 11 is 0. The van der Waals surface area contributed by atoms with Gasteiger partial charge in [0.15, 0.2) is 0 Å². The van der Waals surface area contributed by atoms with Gasteiger partial charge in [0.2, 0.25) is 0 Å². The first-order valence-corrected chi connectivity index (χ1v) is 2.85.